The van der Waals surface area contributed by atoms with Gasteiger partial charge in [0.25, 0.3) is 5.91 Å². The monoisotopic (exact) mass is 234 g/mol. The van der Waals surface area contributed by atoms with Gasteiger partial charge in [0.1, 0.15) is 0 Å². The van der Waals surface area contributed by atoms with Crippen molar-refractivity contribution in [3.05, 3.63) is 34.9 Å². The largest absolute Gasteiger partial charge is 0.342 e. The fraction of sp³-hybridized carbons (Fsp3) is 0.500. The minimum atomic E-state index is 0.113. The van der Waals surface area contributed by atoms with Crippen molar-refractivity contribution in [2.45, 2.75) is 20.3 Å². The van der Waals surface area contributed by atoms with Gasteiger partial charge < -0.3 is 10.2 Å². The highest BCUT2D eigenvalue weighted by Crippen LogP contribution is 2.12. The summed E-state index contributed by atoms with van der Waals surface area (Å²) in [5, 5.41) is 3.08. The minimum Gasteiger partial charge on any atom is -0.342 e. The summed E-state index contributed by atoms with van der Waals surface area (Å²) in [5.74, 6) is 0.113. The van der Waals surface area contributed by atoms with Crippen LogP contribution in [0.4, 0.5) is 0 Å². The van der Waals surface area contributed by atoms with Crippen molar-refractivity contribution in [3.8, 4) is 0 Å². The fourth-order valence-electron chi connectivity index (χ4n) is 1.77. The Morgan fingerprint density at radius 1 is 1.35 bits per heavy atom. The number of benzene rings is 1. The van der Waals surface area contributed by atoms with Crippen LogP contribution in [-0.2, 0) is 0 Å². The maximum Gasteiger partial charge on any atom is 0.253 e. The van der Waals surface area contributed by atoms with E-state index in [1.165, 1.54) is 0 Å². The van der Waals surface area contributed by atoms with Gasteiger partial charge in [-0.05, 0) is 45.5 Å². The van der Waals surface area contributed by atoms with Gasteiger partial charge in [0.05, 0.1) is 0 Å². The first-order valence-electron chi connectivity index (χ1n) is 6.03. The van der Waals surface area contributed by atoms with E-state index in [0.717, 1.165) is 36.2 Å². The number of aryl methyl sites for hydroxylation is 2. The van der Waals surface area contributed by atoms with Crippen molar-refractivity contribution in [2.75, 3.05) is 27.2 Å². The van der Waals surface area contributed by atoms with Crippen molar-refractivity contribution < 1.29 is 4.79 Å². The van der Waals surface area contributed by atoms with E-state index in [-0.39, 0.29) is 5.91 Å². The molecule has 0 saturated heterocycles. The van der Waals surface area contributed by atoms with Crippen molar-refractivity contribution in [3.63, 3.8) is 0 Å². The predicted molar refractivity (Wildman–Crippen MR) is 71.4 cm³/mol. The van der Waals surface area contributed by atoms with E-state index in [1.54, 1.807) is 4.90 Å². The van der Waals surface area contributed by atoms with E-state index >= 15 is 0 Å². The molecule has 1 aromatic rings. The summed E-state index contributed by atoms with van der Waals surface area (Å²) in [6.07, 6.45) is 0.976. The first-order valence-corrected chi connectivity index (χ1v) is 6.03. The Hall–Kier alpha value is -1.35. The molecule has 1 N–H and O–H groups in total. The van der Waals surface area contributed by atoms with Crippen LogP contribution in [0.5, 0.6) is 0 Å². The average Bonchev–Trinajstić information content (AvgIpc) is 2.31. The van der Waals surface area contributed by atoms with Gasteiger partial charge in [-0.25, -0.2) is 0 Å². The van der Waals surface area contributed by atoms with Crippen LogP contribution < -0.4 is 5.32 Å². The lowest BCUT2D eigenvalue weighted by Crippen LogP contribution is -2.30. The molecule has 94 valence electrons. The summed E-state index contributed by atoms with van der Waals surface area (Å²) in [4.78, 5) is 14.0. The van der Waals surface area contributed by atoms with Crippen molar-refractivity contribution >= 4 is 5.91 Å². The first-order chi connectivity index (χ1) is 8.06. The van der Waals surface area contributed by atoms with Crippen LogP contribution in [0.2, 0.25) is 0 Å². The van der Waals surface area contributed by atoms with Gasteiger partial charge in [-0.1, -0.05) is 17.7 Å². The Morgan fingerprint density at radius 3 is 2.71 bits per heavy atom. The maximum absolute atomic E-state index is 12.2. The average molecular weight is 234 g/mol. The first kappa shape index (κ1) is 13.7. The fourth-order valence-corrected chi connectivity index (χ4v) is 1.77. The number of hydrogen-bond acceptors (Lipinski definition) is 2. The molecule has 1 rings (SSSR count). The quantitative estimate of drug-likeness (QED) is 0.790. The van der Waals surface area contributed by atoms with Gasteiger partial charge in [0.2, 0.25) is 0 Å². The third kappa shape index (κ3) is 3.86. The van der Waals surface area contributed by atoms with Gasteiger partial charge in [-0.3, -0.25) is 4.79 Å². The Labute approximate surface area is 104 Å². The number of hydrogen-bond donors (Lipinski definition) is 1. The zero-order chi connectivity index (χ0) is 12.8. The zero-order valence-corrected chi connectivity index (χ0v) is 11.2. The van der Waals surface area contributed by atoms with Crippen LogP contribution in [0.25, 0.3) is 0 Å². The second-order valence-electron chi connectivity index (χ2n) is 4.50. The summed E-state index contributed by atoms with van der Waals surface area (Å²) in [6, 6.07) is 6.00. The van der Waals surface area contributed by atoms with Gasteiger partial charge in [-0.2, -0.15) is 0 Å². The lowest BCUT2D eigenvalue weighted by molar-refractivity contribution is 0.0793. The molecule has 0 fully saturated rings. The topological polar surface area (TPSA) is 32.3 Å². The molecule has 0 heterocycles. The van der Waals surface area contributed by atoms with Crippen LogP contribution in [0, 0.1) is 13.8 Å². The molecule has 3 nitrogen and oxygen atoms in total. The Bertz CT molecular complexity index is 388. The summed E-state index contributed by atoms with van der Waals surface area (Å²) in [5.41, 5.74) is 2.99. The third-order valence-corrected chi connectivity index (χ3v) is 2.89. The maximum atomic E-state index is 12.2. The molecule has 0 spiro atoms. The van der Waals surface area contributed by atoms with Gasteiger partial charge in [-0.15, -0.1) is 0 Å². The van der Waals surface area contributed by atoms with E-state index < -0.39 is 0 Å². The highest BCUT2D eigenvalue weighted by molar-refractivity contribution is 5.95. The molecule has 0 unspecified atom stereocenters. The number of carbonyl (C=O) groups is 1. The lowest BCUT2D eigenvalue weighted by atomic mass is 10.0. The molecule has 1 amide bonds. The number of rotatable bonds is 5. The zero-order valence-electron chi connectivity index (χ0n) is 11.2. The van der Waals surface area contributed by atoms with E-state index in [0.29, 0.717) is 0 Å². The SMILES string of the molecule is CNCCCN(C)C(=O)c1cc(C)ccc1C. The normalized spacial score (nSPS) is 10.4. The number of nitrogens with zero attached hydrogens (tertiary/aromatic N) is 1. The molecule has 0 radical (unpaired) electrons. The molecule has 0 aromatic heterocycles. The van der Waals surface area contributed by atoms with Crippen molar-refractivity contribution in [2.24, 2.45) is 0 Å². The number of amides is 1. The van der Waals surface area contributed by atoms with Crippen LogP contribution in [0.1, 0.15) is 27.9 Å². The number of nitrogens with one attached hydrogen (secondary N) is 1. The molecule has 0 aliphatic rings. The molecule has 17 heavy (non-hydrogen) atoms. The van der Waals surface area contributed by atoms with E-state index in [4.69, 9.17) is 0 Å². The smallest absolute Gasteiger partial charge is 0.253 e. The van der Waals surface area contributed by atoms with E-state index in [2.05, 4.69) is 5.32 Å². The summed E-state index contributed by atoms with van der Waals surface area (Å²) in [7, 11) is 3.78. The van der Waals surface area contributed by atoms with Gasteiger partial charge in [0, 0.05) is 19.2 Å². The van der Waals surface area contributed by atoms with E-state index in [9.17, 15) is 4.79 Å². The second kappa shape index (κ2) is 6.40. The van der Waals surface area contributed by atoms with Gasteiger partial charge in [0.15, 0.2) is 0 Å². The molecule has 3 heteroatoms. The minimum absolute atomic E-state index is 0.113. The molecular formula is C14H22N2O. The predicted octanol–water partition coefficient (Wildman–Crippen LogP) is 1.98. The molecular weight excluding hydrogens is 212 g/mol. The Morgan fingerprint density at radius 2 is 2.06 bits per heavy atom. The Kier molecular flexibility index (Phi) is 5.16. The van der Waals surface area contributed by atoms with Gasteiger partial charge >= 0.3 is 0 Å². The lowest BCUT2D eigenvalue weighted by Gasteiger charge is -2.18. The molecule has 0 aliphatic heterocycles. The highest BCUT2D eigenvalue weighted by atomic mass is 16.2. The summed E-state index contributed by atoms with van der Waals surface area (Å²) < 4.78 is 0. The summed E-state index contributed by atoms with van der Waals surface area (Å²) in [6.45, 7) is 5.71. The highest BCUT2D eigenvalue weighted by Gasteiger charge is 2.13. The molecule has 0 bridgehead atoms. The van der Waals surface area contributed by atoms with Crippen LogP contribution in [0.15, 0.2) is 18.2 Å². The van der Waals surface area contributed by atoms with Crippen LogP contribution in [0.3, 0.4) is 0 Å². The molecule has 0 saturated carbocycles. The molecule has 1 aromatic carbocycles. The Balaban J connectivity index is 2.71. The van der Waals surface area contributed by atoms with Crippen LogP contribution >= 0.6 is 0 Å². The number of carbonyl (C=O) groups excluding carboxylic acids is 1. The van der Waals surface area contributed by atoms with E-state index in [1.807, 2.05) is 46.1 Å². The van der Waals surface area contributed by atoms with Crippen LogP contribution in [-0.4, -0.2) is 38.0 Å². The third-order valence-electron chi connectivity index (χ3n) is 2.89. The summed E-state index contributed by atoms with van der Waals surface area (Å²) >= 11 is 0. The molecule has 0 atom stereocenters. The van der Waals surface area contributed by atoms with Crippen molar-refractivity contribution in [1.82, 2.24) is 10.2 Å². The second-order valence-corrected chi connectivity index (χ2v) is 4.50. The standard InChI is InChI=1S/C14H22N2O/c1-11-6-7-12(2)13(10-11)14(17)16(4)9-5-8-15-3/h6-7,10,15H,5,8-9H2,1-4H3. The van der Waals surface area contributed by atoms with Crippen molar-refractivity contribution in [1.29, 1.82) is 0 Å². The molecule has 0 aliphatic carbocycles.